The van der Waals surface area contributed by atoms with Gasteiger partial charge >= 0.3 is 0 Å². The summed E-state index contributed by atoms with van der Waals surface area (Å²) in [6.45, 7) is 4.08. The number of ether oxygens (including phenoxy) is 2. The topological polar surface area (TPSA) is 79.8 Å². The van der Waals surface area contributed by atoms with Crippen LogP contribution < -0.4 is 19.7 Å². The van der Waals surface area contributed by atoms with Crippen LogP contribution in [0.2, 0.25) is 0 Å². The lowest BCUT2D eigenvalue weighted by atomic mass is 10.2. The van der Waals surface area contributed by atoms with Crippen molar-refractivity contribution in [2.45, 2.75) is 6.54 Å². The quantitative estimate of drug-likeness (QED) is 0.776. The van der Waals surface area contributed by atoms with Crippen molar-refractivity contribution in [2.75, 3.05) is 51.8 Å². The molecule has 1 aliphatic rings. The van der Waals surface area contributed by atoms with E-state index in [1.807, 2.05) is 24.3 Å². The SMILES string of the molecule is COc1ccc(CNC(=O)CN2CCN(c3ncccn3)CC2)cc1OC. The third-order valence-electron chi connectivity index (χ3n) is 4.51. The summed E-state index contributed by atoms with van der Waals surface area (Å²) >= 11 is 0. The predicted molar refractivity (Wildman–Crippen MR) is 102 cm³/mol. The molecule has 8 heteroatoms. The van der Waals surface area contributed by atoms with Crippen molar-refractivity contribution in [3.05, 3.63) is 42.2 Å². The molecule has 1 saturated heterocycles. The second-order valence-electron chi connectivity index (χ2n) is 6.28. The van der Waals surface area contributed by atoms with Gasteiger partial charge in [0.25, 0.3) is 0 Å². The first-order valence-electron chi connectivity index (χ1n) is 8.91. The molecule has 0 spiro atoms. The average molecular weight is 371 g/mol. The first kappa shape index (κ1) is 18.9. The summed E-state index contributed by atoms with van der Waals surface area (Å²) in [6.07, 6.45) is 3.49. The second kappa shape index (κ2) is 9.18. The first-order valence-corrected chi connectivity index (χ1v) is 8.91. The molecule has 2 aromatic rings. The van der Waals surface area contributed by atoms with Crippen LogP contribution in [-0.4, -0.2) is 67.7 Å². The number of hydrogen-bond acceptors (Lipinski definition) is 7. The Balaban J connectivity index is 1.44. The molecule has 144 valence electrons. The van der Waals surface area contributed by atoms with Crippen LogP contribution in [0, 0.1) is 0 Å². The molecule has 1 aromatic heterocycles. The monoisotopic (exact) mass is 371 g/mol. The van der Waals surface area contributed by atoms with Gasteiger partial charge in [-0.2, -0.15) is 0 Å². The number of benzene rings is 1. The predicted octanol–water partition coefficient (Wildman–Crippen LogP) is 0.932. The minimum absolute atomic E-state index is 0.00851. The van der Waals surface area contributed by atoms with Crippen LogP contribution in [0.3, 0.4) is 0 Å². The molecule has 1 amide bonds. The Bertz CT molecular complexity index is 748. The number of carbonyl (C=O) groups is 1. The van der Waals surface area contributed by atoms with Crippen molar-refractivity contribution >= 4 is 11.9 Å². The highest BCUT2D eigenvalue weighted by Crippen LogP contribution is 2.27. The third kappa shape index (κ3) is 5.07. The van der Waals surface area contributed by atoms with E-state index in [1.54, 1.807) is 26.6 Å². The molecular weight excluding hydrogens is 346 g/mol. The highest BCUT2D eigenvalue weighted by atomic mass is 16.5. The highest BCUT2D eigenvalue weighted by Gasteiger charge is 2.20. The zero-order valence-electron chi connectivity index (χ0n) is 15.7. The fourth-order valence-electron chi connectivity index (χ4n) is 3.01. The number of piperazine rings is 1. The van der Waals surface area contributed by atoms with Crippen LogP contribution in [0.25, 0.3) is 0 Å². The van der Waals surface area contributed by atoms with Gasteiger partial charge in [0.1, 0.15) is 0 Å². The van der Waals surface area contributed by atoms with Gasteiger partial charge in [0.15, 0.2) is 11.5 Å². The molecule has 1 aliphatic heterocycles. The van der Waals surface area contributed by atoms with Crippen LogP contribution >= 0.6 is 0 Å². The standard InChI is InChI=1S/C19H25N5O3/c1-26-16-5-4-15(12-17(16)27-2)13-22-18(25)14-23-8-10-24(11-9-23)19-20-6-3-7-21-19/h3-7,12H,8-11,13-14H2,1-2H3,(H,22,25). The molecule has 0 bridgehead atoms. The van der Waals surface area contributed by atoms with Crippen molar-refractivity contribution in [3.63, 3.8) is 0 Å². The largest absolute Gasteiger partial charge is 0.493 e. The van der Waals surface area contributed by atoms with Crippen LogP contribution in [0.15, 0.2) is 36.7 Å². The number of nitrogens with zero attached hydrogens (tertiary/aromatic N) is 4. The van der Waals surface area contributed by atoms with Crippen molar-refractivity contribution < 1.29 is 14.3 Å². The lowest BCUT2D eigenvalue weighted by Crippen LogP contribution is -2.49. The Morgan fingerprint density at radius 1 is 1.07 bits per heavy atom. The van der Waals surface area contributed by atoms with Gasteiger partial charge in [-0.05, 0) is 23.8 Å². The maximum atomic E-state index is 12.3. The Hall–Kier alpha value is -2.87. The zero-order valence-corrected chi connectivity index (χ0v) is 15.7. The molecule has 0 unspecified atom stereocenters. The summed E-state index contributed by atoms with van der Waals surface area (Å²) in [5.41, 5.74) is 0.965. The van der Waals surface area contributed by atoms with E-state index < -0.39 is 0 Å². The van der Waals surface area contributed by atoms with E-state index in [4.69, 9.17) is 9.47 Å². The van der Waals surface area contributed by atoms with Crippen molar-refractivity contribution in [3.8, 4) is 11.5 Å². The molecule has 1 fully saturated rings. The van der Waals surface area contributed by atoms with Crippen molar-refractivity contribution in [1.82, 2.24) is 20.2 Å². The number of nitrogens with one attached hydrogen (secondary N) is 1. The summed E-state index contributed by atoms with van der Waals surface area (Å²) in [4.78, 5) is 25.1. The van der Waals surface area contributed by atoms with E-state index in [0.29, 0.717) is 24.6 Å². The van der Waals surface area contributed by atoms with E-state index >= 15 is 0 Å². The van der Waals surface area contributed by atoms with E-state index in [1.165, 1.54) is 0 Å². The summed E-state index contributed by atoms with van der Waals surface area (Å²) in [7, 11) is 3.20. The lowest BCUT2D eigenvalue weighted by molar-refractivity contribution is -0.122. The molecule has 3 rings (SSSR count). The van der Waals surface area contributed by atoms with E-state index in [2.05, 4.69) is 25.1 Å². The number of aromatic nitrogens is 2. The number of rotatable bonds is 7. The number of methoxy groups -OCH3 is 2. The summed E-state index contributed by atoms with van der Waals surface area (Å²) in [5, 5.41) is 2.96. The van der Waals surface area contributed by atoms with Gasteiger partial charge in [-0.3, -0.25) is 9.69 Å². The molecule has 27 heavy (non-hydrogen) atoms. The summed E-state index contributed by atoms with van der Waals surface area (Å²) in [5.74, 6) is 2.08. The zero-order chi connectivity index (χ0) is 19.1. The third-order valence-corrected chi connectivity index (χ3v) is 4.51. The van der Waals surface area contributed by atoms with Crippen molar-refractivity contribution in [2.24, 2.45) is 0 Å². The van der Waals surface area contributed by atoms with Gasteiger partial charge in [0, 0.05) is 45.1 Å². The number of hydrogen-bond donors (Lipinski definition) is 1. The van der Waals surface area contributed by atoms with Gasteiger partial charge in [-0.25, -0.2) is 9.97 Å². The summed E-state index contributed by atoms with van der Waals surface area (Å²) < 4.78 is 10.5. The van der Waals surface area contributed by atoms with Crippen LogP contribution in [0.5, 0.6) is 11.5 Å². The lowest BCUT2D eigenvalue weighted by Gasteiger charge is -2.34. The fourth-order valence-corrected chi connectivity index (χ4v) is 3.01. The average Bonchev–Trinajstić information content (AvgIpc) is 2.73. The van der Waals surface area contributed by atoms with E-state index in [-0.39, 0.29) is 5.91 Å². The Kier molecular flexibility index (Phi) is 6.43. The molecule has 0 saturated carbocycles. The molecule has 0 radical (unpaired) electrons. The minimum Gasteiger partial charge on any atom is -0.493 e. The van der Waals surface area contributed by atoms with Crippen molar-refractivity contribution in [1.29, 1.82) is 0 Å². The van der Waals surface area contributed by atoms with Gasteiger partial charge in [0.05, 0.1) is 20.8 Å². The molecule has 0 atom stereocenters. The molecular formula is C19H25N5O3. The van der Waals surface area contributed by atoms with Crippen LogP contribution in [0.4, 0.5) is 5.95 Å². The molecule has 2 heterocycles. The molecule has 1 N–H and O–H groups in total. The maximum absolute atomic E-state index is 12.3. The Labute approximate surface area is 159 Å². The minimum atomic E-state index is 0.00851. The number of amides is 1. The molecule has 1 aromatic carbocycles. The fraction of sp³-hybridized carbons (Fsp3) is 0.421. The van der Waals surface area contributed by atoms with Crippen LogP contribution in [0.1, 0.15) is 5.56 Å². The van der Waals surface area contributed by atoms with E-state index in [0.717, 1.165) is 37.7 Å². The Morgan fingerprint density at radius 2 is 1.78 bits per heavy atom. The van der Waals surface area contributed by atoms with Gasteiger partial charge in [0.2, 0.25) is 11.9 Å². The van der Waals surface area contributed by atoms with E-state index in [9.17, 15) is 4.79 Å². The second-order valence-corrected chi connectivity index (χ2v) is 6.28. The van der Waals surface area contributed by atoms with Gasteiger partial charge < -0.3 is 19.7 Å². The Morgan fingerprint density at radius 3 is 2.44 bits per heavy atom. The summed E-state index contributed by atoms with van der Waals surface area (Å²) in [6, 6.07) is 7.44. The van der Waals surface area contributed by atoms with Gasteiger partial charge in [-0.15, -0.1) is 0 Å². The maximum Gasteiger partial charge on any atom is 0.234 e. The molecule has 0 aliphatic carbocycles. The smallest absolute Gasteiger partial charge is 0.234 e. The highest BCUT2D eigenvalue weighted by molar-refractivity contribution is 5.78. The first-order chi connectivity index (χ1) is 13.2. The van der Waals surface area contributed by atoms with Crippen LogP contribution in [-0.2, 0) is 11.3 Å². The normalized spacial score (nSPS) is 14.7. The number of anilines is 1. The van der Waals surface area contributed by atoms with Gasteiger partial charge in [-0.1, -0.05) is 6.07 Å². The molecule has 8 nitrogen and oxygen atoms in total. The number of carbonyl (C=O) groups excluding carboxylic acids is 1.